The lowest BCUT2D eigenvalue weighted by atomic mass is 10.1. The van der Waals surface area contributed by atoms with Crippen molar-refractivity contribution in [1.29, 1.82) is 0 Å². The number of para-hydroxylation sites is 2. The van der Waals surface area contributed by atoms with Gasteiger partial charge in [0.05, 0.1) is 5.39 Å². The van der Waals surface area contributed by atoms with Crippen molar-refractivity contribution in [2.45, 2.75) is 0 Å². The first kappa shape index (κ1) is 11.8. The zero-order valence-corrected chi connectivity index (χ0v) is 10.9. The molecule has 0 saturated heterocycles. The van der Waals surface area contributed by atoms with Gasteiger partial charge >= 0.3 is 5.63 Å². The molecular weight excluding hydrogens is 268 g/mol. The highest BCUT2D eigenvalue weighted by Crippen LogP contribution is 2.35. The molecule has 0 fully saturated rings. The maximum Gasteiger partial charge on any atom is 0.351 e. The molecule has 0 aliphatic heterocycles. The zero-order valence-electron chi connectivity index (χ0n) is 10.9. The Morgan fingerprint density at radius 2 is 1.57 bits per heavy atom. The fourth-order valence-corrected chi connectivity index (χ4v) is 2.46. The van der Waals surface area contributed by atoms with Crippen LogP contribution in [0.4, 0.5) is 0 Å². The normalized spacial score (nSPS) is 11.2. The van der Waals surface area contributed by atoms with Gasteiger partial charge in [0.25, 0.3) is 0 Å². The van der Waals surface area contributed by atoms with Crippen LogP contribution in [0.25, 0.3) is 33.3 Å². The molecule has 102 valence electrons. The van der Waals surface area contributed by atoms with Crippen LogP contribution in [0.3, 0.4) is 0 Å². The van der Waals surface area contributed by atoms with Crippen molar-refractivity contribution in [2.24, 2.45) is 0 Å². The van der Waals surface area contributed by atoms with Gasteiger partial charge < -0.3 is 13.9 Å². The third kappa shape index (κ3) is 1.73. The van der Waals surface area contributed by atoms with Gasteiger partial charge in [-0.3, -0.25) is 0 Å². The molecule has 2 aromatic heterocycles. The van der Waals surface area contributed by atoms with Crippen LogP contribution in [0, 0.1) is 0 Å². The van der Waals surface area contributed by atoms with Crippen molar-refractivity contribution in [2.75, 3.05) is 0 Å². The van der Waals surface area contributed by atoms with E-state index in [1.165, 1.54) is 0 Å². The van der Waals surface area contributed by atoms with E-state index in [0.717, 1.165) is 5.39 Å². The number of benzene rings is 2. The molecular formula is C17H10O4. The van der Waals surface area contributed by atoms with Gasteiger partial charge in [-0.25, -0.2) is 4.79 Å². The van der Waals surface area contributed by atoms with Crippen LogP contribution in [-0.2, 0) is 0 Å². The molecule has 2 heterocycles. The predicted octanol–water partition coefficient (Wildman–Crippen LogP) is 3.91. The number of rotatable bonds is 1. The Hall–Kier alpha value is -3.01. The van der Waals surface area contributed by atoms with Gasteiger partial charge in [-0.05, 0) is 24.3 Å². The van der Waals surface area contributed by atoms with E-state index in [1.807, 2.05) is 18.2 Å². The first-order valence-corrected chi connectivity index (χ1v) is 6.48. The summed E-state index contributed by atoms with van der Waals surface area (Å²) < 4.78 is 10.9. The first-order valence-electron chi connectivity index (χ1n) is 6.48. The standard InChI is InChI=1S/C17H10O4/c18-16-11-6-2-4-8-13(11)21-17(19)15(16)14-9-10-5-1-3-7-12(10)20-14/h1-9,18H. The summed E-state index contributed by atoms with van der Waals surface area (Å²) in [7, 11) is 0. The van der Waals surface area contributed by atoms with Crippen LogP contribution in [0.2, 0.25) is 0 Å². The summed E-state index contributed by atoms with van der Waals surface area (Å²) in [5.74, 6) is 0.175. The maximum atomic E-state index is 12.1. The molecule has 0 atom stereocenters. The van der Waals surface area contributed by atoms with Crippen LogP contribution in [0.1, 0.15) is 0 Å². The fraction of sp³-hybridized carbons (Fsp3) is 0. The largest absolute Gasteiger partial charge is 0.506 e. The fourth-order valence-electron chi connectivity index (χ4n) is 2.46. The number of aromatic hydroxyl groups is 1. The summed E-state index contributed by atoms with van der Waals surface area (Å²) in [6.45, 7) is 0. The minimum atomic E-state index is -0.620. The molecule has 0 radical (unpaired) electrons. The highest BCUT2D eigenvalue weighted by atomic mass is 16.4. The van der Waals surface area contributed by atoms with Crippen molar-refractivity contribution in [3.8, 4) is 17.1 Å². The van der Waals surface area contributed by atoms with E-state index in [0.29, 0.717) is 22.3 Å². The number of hydrogen-bond donors (Lipinski definition) is 1. The molecule has 0 bridgehead atoms. The van der Waals surface area contributed by atoms with Gasteiger partial charge in [0, 0.05) is 5.39 Å². The van der Waals surface area contributed by atoms with Crippen LogP contribution in [0.5, 0.6) is 5.75 Å². The highest BCUT2D eigenvalue weighted by molar-refractivity contribution is 5.91. The Labute approximate surface area is 118 Å². The lowest BCUT2D eigenvalue weighted by Gasteiger charge is -2.03. The Balaban J connectivity index is 2.08. The molecule has 0 spiro atoms. The Kier molecular flexibility index (Phi) is 2.38. The van der Waals surface area contributed by atoms with Crippen LogP contribution in [0.15, 0.2) is 68.2 Å². The molecule has 0 amide bonds. The summed E-state index contributed by atoms with van der Waals surface area (Å²) in [5.41, 5.74) is 0.425. The molecule has 0 saturated carbocycles. The zero-order chi connectivity index (χ0) is 14.4. The number of hydrogen-bond acceptors (Lipinski definition) is 4. The summed E-state index contributed by atoms with van der Waals surface area (Å²) in [6.07, 6.45) is 0. The third-order valence-electron chi connectivity index (χ3n) is 3.46. The van der Waals surface area contributed by atoms with Crippen LogP contribution >= 0.6 is 0 Å². The van der Waals surface area contributed by atoms with Crippen LogP contribution < -0.4 is 5.63 Å². The molecule has 0 unspecified atom stereocenters. The lowest BCUT2D eigenvalue weighted by Crippen LogP contribution is -2.02. The molecule has 21 heavy (non-hydrogen) atoms. The van der Waals surface area contributed by atoms with Gasteiger partial charge in [0.15, 0.2) is 0 Å². The minimum absolute atomic E-state index is 0.0462. The smallest absolute Gasteiger partial charge is 0.351 e. The van der Waals surface area contributed by atoms with E-state index < -0.39 is 5.63 Å². The van der Waals surface area contributed by atoms with Crippen LogP contribution in [-0.4, -0.2) is 5.11 Å². The van der Waals surface area contributed by atoms with Crippen molar-refractivity contribution in [3.63, 3.8) is 0 Å². The Morgan fingerprint density at radius 1 is 0.857 bits per heavy atom. The maximum absolute atomic E-state index is 12.1. The second kappa shape index (κ2) is 4.24. The van der Waals surface area contributed by atoms with E-state index in [-0.39, 0.29) is 11.3 Å². The van der Waals surface area contributed by atoms with Gasteiger partial charge in [-0.15, -0.1) is 0 Å². The molecule has 1 N–H and O–H groups in total. The molecule has 0 aliphatic rings. The number of fused-ring (bicyclic) bond motifs is 2. The van der Waals surface area contributed by atoms with Crippen molar-refractivity contribution in [1.82, 2.24) is 0 Å². The molecule has 4 nitrogen and oxygen atoms in total. The highest BCUT2D eigenvalue weighted by Gasteiger charge is 2.19. The van der Waals surface area contributed by atoms with E-state index in [9.17, 15) is 9.90 Å². The minimum Gasteiger partial charge on any atom is -0.506 e. The van der Waals surface area contributed by atoms with Crippen molar-refractivity contribution < 1.29 is 13.9 Å². The molecule has 2 aromatic carbocycles. The summed E-state index contributed by atoms with van der Waals surface area (Å²) >= 11 is 0. The van der Waals surface area contributed by atoms with Crippen molar-refractivity contribution >= 4 is 21.9 Å². The van der Waals surface area contributed by atoms with E-state index in [2.05, 4.69) is 0 Å². The summed E-state index contributed by atoms with van der Waals surface area (Å²) in [5, 5.41) is 11.7. The average molecular weight is 278 g/mol. The topological polar surface area (TPSA) is 63.6 Å². The van der Waals surface area contributed by atoms with Gasteiger partial charge in [-0.1, -0.05) is 30.3 Å². The van der Waals surface area contributed by atoms with Gasteiger partial charge in [-0.2, -0.15) is 0 Å². The van der Waals surface area contributed by atoms with Crippen molar-refractivity contribution in [3.05, 3.63) is 65.0 Å². The SMILES string of the molecule is O=c1oc2ccccc2c(O)c1-c1cc2ccccc2o1. The first-order chi connectivity index (χ1) is 10.2. The lowest BCUT2D eigenvalue weighted by molar-refractivity contribution is 0.467. The van der Waals surface area contributed by atoms with Gasteiger partial charge in [0.1, 0.15) is 28.2 Å². The summed E-state index contributed by atoms with van der Waals surface area (Å²) in [4.78, 5) is 12.1. The Bertz CT molecular complexity index is 991. The second-order valence-electron chi connectivity index (χ2n) is 4.76. The summed E-state index contributed by atoms with van der Waals surface area (Å²) in [6, 6.07) is 16.0. The third-order valence-corrected chi connectivity index (χ3v) is 3.46. The Morgan fingerprint density at radius 3 is 2.38 bits per heavy atom. The quantitative estimate of drug-likeness (QED) is 0.536. The molecule has 4 rings (SSSR count). The number of furan rings is 1. The second-order valence-corrected chi connectivity index (χ2v) is 4.76. The molecule has 4 heteroatoms. The monoisotopic (exact) mass is 278 g/mol. The molecule has 0 aliphatic carbocycles. The predicted molar refractivity (Wildman–Crippen MR) is 79.4 cm³/mol. The average Bonchev–Trinajstić information content (AvgIpc) is 2.90. The molecule has 4 aromatic rings. The van der Waals surface area contributed by atoms with E-state index >= 15 is 0 Å². The van der Waals surface area contributed by atoms with E-state index in [4.69, 9.17) is 8.83 Å². The van der Waals surface area contributed by atoms with Gasteiger partial charge in [0.2, 0.25) is 0 Å². The van der Waals surface area contributed by atoms with E-state index in [1.54, 1.807) is 36.4 Å².